The van der Waals surface area contributed by atoms with E-state index >= 15 is 0 Å². The third kappa shape index (κ3) is 3.82. The minimum Gasteiger partial charge on any atom is -0.467 e. The highest BCUT2D eigenvalue weighted by Crippen LogP contribution is 2.44. The second-order valence-corrected chi connectivity index (χ2v) is 8.24. The third-order valence-electron chi connectivity index (χ3n) is 5.34. The number of nitrogens with one attached hydrogen (secondary N) is 2. The molecule has 0 fully saturated rings. The Kier molecular flexibility index (Phi) is 5.09. The van der Waals surface area contributed by atoms with Crippen LogP contribution in [-0.2, 0) is 6.54 Å². The molecule has 7 nitrogen and oxygen atoms in total. The van der Waals surface area contributed by atoms with Crippen LogP contribution < -0.4 is 5.32 Å². The first-order valence-electron chi connectivity index (χ1n) is 9.66. The van der Waals surface area contributed by atoms with Gasteiger partial charge in [-0.2, -0.15) is 23.4 Å². The second-order valence-electron chi connectivity index (χ2n) is 7.42. The fraction of sp³-hybridized carbons (Fsp3) is 0.250. The van der Waals surface area contributed by atoms with Gasteiger partial charge in [-0.25, -0.2) is 4.68 Å². The summed E-state index contributed by atoms with van der Waals surface area (Å²) in [5, 5.41) is 14.8. The van der Waals surface area contributed by atoms with Crippen molar-refractivity contribution < 1.29 is 17.6 Å². The smallest absolute Gasteiger partial charge is 0.410 e. The lowest BCUT2D eigenvalue weighted by Crippen LogP contribution is -2.35. The number of rotatable bonds is 4. The molecule has 0 unspecified atom stereocenters. The highest BCUT2D eigenvalue weighted by atomic mass is 35.5. The quantitative estimate of drug-likeness (QED) is 0.363. The van der Waals surface area contributed by atoms with Gasteiger partial charge in [0.15, 0.2) is 16.6 Å². The van der Waals surface area contributed by atoms with E-state index in [-0.39, 0.29) is 24.5 Å². The summed E-state index contributed by atoms with van der Waals surface area (Å²) in [5.41, 5.74) is 0.968. The minimum absolute atomic E-state index is 0.210. The highest BCUT2D eigenvalue weighted by molar-refractivity contribution is 7.71. The molecule has 2 atom stereocenters. The van der Waals surface area contributed by atoms with Crippen LogP contribution in [0, 0.1) is 4.77 Å². The van der Waals surface area contributed by atoms with Gasteiger partial charge in [0.25, 0.3) is 0 Å². The molecule has 12 heteroatoms. The van der Waals surface area contributed by atoms with E-state index in [9.17, 15) is 13.2 Å². The number of furan rings is 1. The van der Waals surface area contributed by atoms with Crippen LogP contribution in [0.3, 0.4) is 0 Å². The first kappa shape index (κ1) is 20.8. The third-order valence-corrected chi connectivity index (χ3v) is 5.91. The van der Waals surface area contributed by atoms with Crippen LogP contribution >= 0.6 is 23.8 Å². The molecule has 2 N–H and O–H groups in total. The van der Waals surface area contributed by atoms with Crippen molar-refractivity contribution in [1.29, 1.82) is 0 Å². The molecule has 166 valence electrons. The van der Waals surface area contributed by atoms with Crippen LogP contribution in [0.1, 0.15) is 29.8 Å². The molecule has 0 saturated heterocycles. The lowest BCUT2D eigenvalue weighted by molar-refractivity contribution is -0.173. The van der Waals surface area contributed by atoms with Gasteiger partial charge in [0.2, 0.25) is 0 Å². The maximum atomic E-state index is 14.0. The molecule has 4 aromatic rings. The van der Waals surface area contributed by atoms with E-state index in [0.717, 1.165) is 4.68 Å². The Bertz CT molecular complexity index is 1290. The van der Waals surface area contributed by atoms with Crippen LogP contribution in [0.4, 0.5) is 19.0 Å². The van der Waals surface area contributed by atoms with Gasteiger partial charge in [-0.15, -0.1) is 0 Å². The number of nitrogens with zero attached hydrogens (tertiary/aromatic N) is 4. The van der Waals surface area contributed by atoms with E-state index in [1.54, 1.807) is 47.0 Å². The van der Waals surface area contributed by atoms with Gasteiger partial charge >= 0.3 is 6.18 Å². The maximum absolute atomic E-state index is 14.0. The summed E-state index contributed by atoms with van der Waals surface area (Å²) in [6, 6.07) is 9.45. The fourth-order valence-electron chi connectivity index (χ4n) is 3.81. The van der Waals surface area contributed by atoms with Gasteiger partial charge in [-0.3, -0.25) is 9.67 Å². The van der Waals surface area contributed by atoms with E-state index in [1.165, 1.54) is 6.26 Å². The number of fused-ring (bicyclic) bond motifs is 1. The maximum Gasteiger partial charge on any atom is 0.410 e. The molecule has 5 rings (SSSR count). The number of halogens is 4. The lowest BCUT2D eigenvalue weighted by atomic mass is 9.97. The normalized spacial score (nSPS) is 18.4. The van der Waals surface area contributed by atoms with E-state index in [4.69, 9.17) is 28.2 Å². The van der Waals surface area contributed by atoms with Gasteiger partial charge in [0.1, 0.15) is 17.3 Å². The summed E-state index contributed by atoms with van der Waals surface area (Å²) in [7, 11) is 0. The molecule has 0 radical (unpaired) electrons. The predicted octanol–water partition coefficient (Wildman–Crippen LogP) is 5.76. The number of alkyl halides is 3. The molecule has 0 bridgehead atoms. The summed E-state index contributed by atoms with van der Waals surface area (Å²) >= 11 is 11.2. The topological polar surface area (TPSA) is 76.6 Å². The van der Waals surface area contributed by atoms with Crippen molar-refractivity contribution in [2.45, 2.75) is 31.2 Å². The van der Waals surface area contributed by atoms with Crippen LogP contribution in [0.25, 0.3) is 11.5 Å². The Morgan fingerprint density at radius 1 is 1.22 bits per heavy atom. The molecule has 0 saturated carbocycles. The lowest BCUT2D eigenvalue weighted by Gasteiger charge is -2.33. The van der Waals surface area contributed by atoms with Gasteiger partial charge in [-0.1, -0.05) is 23.7 Å². The van der Waals surface area contributed by atoms with Crippen LogP contribution in [-0.4, -0.2) is 30.7 Å². The fourth-order valence-corrected chi connectivity index (χ4v) is 4.14. The van der Waals surface area contributed by atoms with E-state index in [2.05, 4.69) is 20.6 Å². The first-order chi connectivity index (χ1) is 15.3. The molecule has 1 aromatic carbocycles. The zero-order chi connectivity index (χ0) is 22.5. The van der Waals surface area contributed by atoms with Gasteiger partial charge in [-0.05, 0) is 42.0 Å². The number of aromatic nitrogens is 5. The number of anilines is 1. The molecule has 0 aliphatic carbocycles. The van der Waals surface area contributed by atoms with Gasteiger partial charge in [0.05, 0.1) is 18.8 Å². The zero-order valence-electron chi connectivity index (χ0n) is 16.3. The SMILES string of the molecule is FC(F)(F)[C@H]1C[C@H](c2ccc(Cl)cc2)Nc2cc(-c3n[nH]c(=S)n3Cc3ccco3)nn21. The average Bonchev–Trinajstić information content (AvgIpc) is 3.48. The predicted molar refractivity (Wildman–Crippen MR) is 114 cm³/mol. The molecule has 1 aliphatic rings. The Morgan fingerprint density at radius 2 is 2.00 bits per heavy atom. The molecule has 32 heavy (non-hydrogen) atoms. The number of aromatic amines is 1. The standard InChI is InChI=1S/C20H16ClF3N6OS/c21-12-5-3-11(4-6-12)14-8-16(20(22,23)24)30-17(25-14)9-15(28-30)18-26-27-19(32)29(18)10-13-2-1-7-31-13/h1-7,9,14,16,25H,8,10H2,(H,27,32)/t14-,16-/m1/s1. The molecule has 0 spiro atoms. The van der Waals surface area contributed by atoms with Crippen molar-refractivity contribution >= 4 is 29.6 Å². The van der Waals surface area contributed by atoms with E-state index < -0.39 is 18.3 Å². The Balaban J connectivity index is 1.54. The summed E-state index contributed by atoms with van der Waals surface area (Å²) in [4.78, 5) is 0. The van der Waals surface area contributed by atoms with Gasteiger partial charge < -0.3 is 9.73 Å². The molecule has 0 amide bonds. The highest BCUT2D eigenvalue weighted by Gasteiger charge is 2.46. The number of hydrogen-bond donors (Lipinski definition) is 2. The van der Waals surface area contributed by atoms with Crippen LogP contribution in [0.5, 0.6) is 0 Å². The molecule has 3 aromatic heterocycles. The molecular weight excluding hydrogens is 465 g/mol. The number of hydrogen-bond acceptors (Lipinski definition) is 5. The first-order valence-corrected chi connectivity index (χ1v) is 10.4. The van der Waals surface area contributed by atoms with Crippen molar-refractivity contribution in [3.8, 4) is 11.5 Å². The molecule has 4 heterocycles. The zero-order valence-corrected chi connectivity index (χ0v) is 17.9. The van der Waals surface area contributed by atoms with E-state index in [0.29, 0.717) is 26.9 Å². The van der Waals surface area contributed by atoms with Crippen LogP contribution in [0.15, 0.2) is 53.1 Å². The van der Waals surface area contributed by atoms with Crippen molar-refractivity contribution in [1.82, 2.24) is 24.5 Å². The van der Waals surface area contributed by atoms with Crippen molar-refractivity contribution in [2.75, 3.05) is 5.32 Å². The van der Waals surface area contributed by atoms with Crippen molar-refractivity contribution in [2.24, 2.45) is 0 Å². The number of H-pyrrole nitrogens is 1. The van der Waals surface area contributed by atoms with Gasteiger partial charge in [0, 0.05) is 17.5 Å². The number of benzene rings is 1. The monoisotopic (exact) mass is 480 g/mol. The summed E-state index contributed by atoms with van der Waals surface area (Å²) in [6.07, 6.45) is -3.16. The molecular formula is C20H16ClF3N6OS. The minimum atomic E-state index is -4.48. The Hall–Kier alpha value is -3.05. The Morgan fingerprint density at radius 3 is 2.69 bits per heavy atom. The Labute approximate surface area is 189 Å². The second kappa shape index (κ2) is 7.82. The van der Waals surface area contributed by atoms with Crippen molar-refractivity contribution in [3.05, 3.63) is 69.8 Å². The largest absolute Gasteiger partial charge is 0.467 e. The van der Waals surface area contributed by atoms with E-state index in [1.807, 2.05) is 0 Å². The van der Waals surface area contributed by atoms with Crippen LogP contribution in [0.2, 0.25) is 5.02 Å². The molecule has 1 aliphatic heterocycles. The average molecular weight is 481 g/mol. The summed E-state index contributed by atoms with van der Waals surface area (Å²) in [6.45, 7) is 0.267. The van der Waals surface area contributed by atoms with Crippen molar-refractivity contribution in [3.63, 3.8) is 0 Å². The summed E-state index contributed by atoms with van der Waals surface area (Å²) in [5.74, 6) is 1.19. The summed E-state index contributed by atoms with van der Waals surface area (Å²) < 4.78 is 50.1.